The molecule has 0 spiro atoms. The molecule has 0 radical (unpaired) electrons. The van der Waals surface area contributed by atoms with Crippen molar-refractivity contribution in [1.82, 2.24) is 0 Å². The summed E-state index contributed by atoms with van der Waals surface area (Å²) in [5.41, 5.74) is 12.4. The molecule has 0 saturated heterocycles. The minimum atomic E-state index is -2.40. The number of benzene rings is 1. The smallest absolute Gasteiger partial charge is 0.398 e. The molecule has 1 aromatic rings. The molecule has 1 aromatic carbocycles. The summed E-state index contributed by atoms with van der Waals surface area (Å²) in [6.45, 7) is 3.58. The first kappa shape index (κ1) is 29.2. The van der Waals surface area contributed by atoms with Crippen LogP contribution >= 0.6 is 0 Å². The van der Waals surface area contributed by atoms with Crippen LogP contribution in [0.2, 0.25) is 18.6 Å². The lowest BCUT2D eigenvalue weighted by Crippen LogP contribution is -2.42. The second-order valence-electron chi connectivity index (χ2n) is 7.11. The maximum atomic E-state index is 5.83. The molecule has 5 N–H and O–H groups in total. The Hall–Kier alpha value is -0.826. The molecule has 0 aliphatic heterocycles. The van der Waals surface area contributed by atoms with Crippen molar-refractivity contribution in [2.75, 3.05) is 54.0 Å². The first-order valence-electron chi connectivity index (χ1n) is 10.3. The molecule has 1 atom stereocenters. The van der Waals surface area contributed by atoms with Gasteiger partial charge in [0.2, 0.25) is 0 Å². The fourth-order valence-electron chi connectivity index (χ4n) is 2.74. The summed E-state index contributed by atoms with van der Waals surface area (Å²) in [5.74, 6) is 0. The van der Waals surface area contributed by atoms with Crippen molar-refractivity contribution in [3.63, 3.8) is 0 Å². The molecular weight excluding hydrogens is 418 g/mol. The molecule has 1 unspecified atom stereocenters. The van der Waals surface area contributed by atoms with Gasteiger partial charge in [0.15, 0.2) is 0 Å². The zero-order chi connectivity index (χ0) is 22.9. The Balaban J connectivity index is 0.000000584. The van der Waals surface area contributed by atoms with Crippen LogP contribution in [0.15, 0.2) is 30.3 Å². The predicted molar refractivity (Wildman–Crippen MR) is 128 cm³/mol. The molecule has 10 heteroatoms. The lowest BCUT2D eigenvalue weighted by molar-refractivity contribution is 0.123. The van der Waals surface area contributed by atoms with Gasteiger partial charge in [-0.05, 0) is 50.5 Å². The van der Waals surface area contributed by atoms with Crippen molar-refractivity contribution < 1.29 is 22.1 Å². The van der Waals surface area contributed by atoms with Crippen molar-refractivity contribution in [1.29, 1.82) is 0 Å². The van der Waals surface area contributed by atoms with Gasteiger partial charge in [0.25, 0.3) is 0 Å². The zero-order valence-electron chi connectivity index (χ0n) is 19.6. The lowest BCUT2D eigenvalue weighted by Gasteiger charge is -2.24. The van der Waals surface area contributed by atoms with Crippen molar-refractivity contribution in [3.8, 4) is 0 Å². The van der Waals surface area contributed by atoms with Crippen LogP contribution in [0, 0.1) is 0 Å². The highest BCUT2D eigenvalue weighted by Crippen LogP contribution is 2.16. The van der Waals surface area contributed by atoms with E-state index in [4.69, 9.17) is 33.6 Å². The Morgan fingerprint density at radius 1 is 0.867 bits per heavy atom. The van der Waals surface area contributed by atoms with Gasteiger partial charge in [0.1, 0.15) is 0 Å². The summed E-state index contributed by atoms with van der Waals surface area (Å²) in [7, 11) is 4.02. The number of rotatable bonds is 15. The quantitative estimate of drug-likeness (QED) is 0.270. The standard InChI is InChI=1S/C12H21NO3Si.C8H22N2O2Si/c1-14-17(15-2,16-3)11-7-10-13-12-8-5-4-6-9-12;1-11-13(3,12-2)7-5-8(10)4-6-9/h4-6,8-9,13H,7,10-11H2,1-3H3;8H,4-7,9-10H2,1-3H3. The second kappa shape index (κ2) is 16.8. The van der Waals surface area contributed by atoms with Gasteiger partial charge in [-0.1, -0.05) is 18.2 Å². The third kappa shape index (κ3) is 12.1. The fraction of sp³-hybridized carbons (Fsp3) is 0.700. The topological polar surface area (TPSA) is 110 Å². The molecule has 0 amide bonds. The number of anilines is 1. The van der Waals surface area contributed by atoms with Gasteiger partial charge < -0.3 is 38.9 Å². The van der Waals surface area contributed by atoms with Crippen molar-refractivity contribution in [2.24, 2.45) is 11.5 Å². The van der Waals surface area contributed by atoms with Gasteiger partial charge >= 0.3 is 17.4 Å². The van der Waals surface area contributed by atoms with Crippen LogP contribution in [0.3, 0.4) is 0 Å². The monoisotopic (exact) mass is 461 g/mol. The average Bonchev–Trinajstić information content (AvgIpc) is 2.79. The second-order valence-corrected chi connectivity index (χ2v) is 13.8. The van der Waals surface area contributed by atoms with E-state index in [0.29, 0.717) is 6.54 Å². The van der Waals surface area contributed by atoms with Gasteiger partial charge in [-0.2, -0.15) is 0 Å². The van der Waals surface area contributed by atoms with E-state index in [9.17, 15) is 0 Å². The molecule has 0 aromatic heterocycles. The lowest BCUT2D eigenvalue weighted by atomic mass is 10.2. The van der Waals surface area contributed by atoms with Gasteiger partial charge in [0.05, 0.1) is 0 Å². The van der Waals surface area contributed by atoms with E-state index < -0.39 is 17.4 Å². The SMILES string of the molecule is CO[Si](C)(CCC(N)CCN)OC.CO[Si](CCCNc1ccccc1)(OC)OC. The summed E-state index contributed by atoms with van der Waals surface area (Å²) in [6, 6.07) is 12.1. The number of hydrogen-bond donors (Lipinski definition) is 3. The molecular formula is C20H43N3O5Si2. The highest BCUT2D eigenvalue weighted by molar-refractivity contribution is 6.65. The largest absolute Gasteiger partial charge is 0.500 e. The van der Waals surface area contributed by atoms with E-state index in [0.717, 1.165) is 43.6 Å². The van der Waals surface area contributed by atoms with Crippen molar-refractivity contribution in [3.05, 3.63) is 30.3 Å². The minimum absolute atomic E-state index is 0.183. The third-order valence-electron chi connectivity index (χ3n) is 5.07. The maximum absolute atomic E-state index is 5.83. The van der Waals surface area contributed by atoms with E-state index in [2.05, 4.69) is 5.32 Å². The molecule has 0 aliphatic carbocycles. The van der Waals surface area contributed by atoms with Crippen LogP contribution in [0.1, 0.15) is 19.3 Å². The molecule has 30 heavy (non-hydrogen) atoms. The molecule has 0 heterocycles. The Morgan fingerprint density at radius 3 is 1.90 bits per heavy atom. The van der Waals surface area contributed by atoms with Gasteiger partial charge in [-0.15, -0.1) is 0 Å². The number of hydrogen-bond acceptors (Lipinski definition) is 8. The first-order valence-corrected chi connectivity index (χ1v) is 14.8. The summed E-state index contributed by atoms with van der Waals surface area (Å²) >= 11 is 0. The molecule has 176 valence electrons. The molecule has 0 aliphatic rings. The summed E-state index contributed by atoms with van der Waals surface area (Å²) < 4.78 is 26.8. The molecule has 0 fully saturated rings. The molecule has 8 nitrogen and oxygen atoms in total. The van der Waals surface area contributed by atoms with E-state index in [1.165, 1.54) is 0 Å². The average molecular weight is 462 g/mol. The highest BCUT2D eigenvalue weighted by atomic mass is 28.4. The van der Waals surface area contributed by atoms with Gasteiger partial charge in [0, 0.05) is 59.9 Å². The van der Waals surface area contributed by atoms with Gasteiger partial charge in [-0.3, -0.25) is 0 Å². The van der Waals surface area contributed by atoms with Crippen LogP contribution in [0.4, 0.5) is 5.69 Å². The molecule has 0 bridgehead atoms. The van der Waals surface area contributed by atoms with Crippen molar-refractivity contribution in [2.45, 2.75) is 43.9 Å². The van der Waals surface area contributed by atoms with Gasteiger partial charge in [-0.25, -0.2) is 0 Å². The number of para-hydroxylation sites is 1. The van der Waals surface area contributed by atoms with Crippen LogP contribution < -0.4 is 16.8 Å². The van der Waals surface area contributed by atoms with Crippen LogP contribution in [-0.2, 0) is 22.1 Å². The normalized spacial score (nSPS) is 12.8. The summed E-state index contributed by atoms with van der Waals surface area (Å²) in [6.07, 6.45) is 2.76. The van der Waals surface area contributed by atoms with Crippen LogP contribution in [-0.4, -0.2) is 72.0 Å². The number of nitrogens with one attached hydrogen (secondary N) is 1. The fourth-order valence-corrected chi connectivity index (χ4v) is 5.94. The zero-order valence-corrected chi connectivity index (χ0v) is 21.6. The third-order valence-corrected chi connectivity index (χ3v) is 10.8. The van der Waals surface area contributed by atoms with E-state index in [1.807, 2.05) is 36.9 Å². The summed E-state index contributed by atoms with van der Waals surface area (Å²) in [5, 5.41) is 3.35. The maximum Gasteiger partial charge on any atom is 0.500 e. The van der Waals surface area contributed by atoms with Crippen LogP contribution in [0.25, 0.3) is 0 Å². The van der Waals surface area contributed by atoms with Crippen molar-refractivity contribution >= 4 is 23.1 Å². The molecule has 0 saturated carbocycles. The Bertz CT molecular complexity index is 512. The first-order chi connectivity index (χ1) is 14.3. The Labute approximate surface area is 185 Å². The van der Waals surface area contributed by atoms with E-state index >= 15 is 0 Å². The number of nitrogens with two attached hydrogens (primary N) is 2. The Morgan fingerprint density at radius 2 is 1.43 bits per heavy atom. The summed E-state index contributed by atoms with van der Waals surface area (Å²) in [4.78, 5) is 0. The Kier molecular flexibility index (Phi) is 16.4. The van der Waals surface area contributed by atoms with E-state index in [-0.39, 0.29) is 6.04 Å². The highest BCUT2D eigenvalue weighted by Gasteiger charge is 2.36. The predicted octanol–water partition coefficient (Wildman–Crippen LogP) is 2.78. The molecule has 1 rings (SSSR count). The van der Waals surface area contributed by atoms with Crippen LogP contribution in [0.5, 0.6) is 0 Å². The minimum Gasteiger partial charge on any atom is -0.398 e. The van der Waals surface area contributed by atoms with E-state index in [1.54, 1.807) is 35.5 Å².